The zero-order valence-electron chi connectivity index (χ0n) is 8.86. The molecule has 0 amide bonds. The number of unbranched alkanes of at least 4 members (excludes halogenated alkanes) is 1. The number of hydrogen-bond acceptors (Lipinski definition) is 5. The molecule has 0 bridgehead atoms. The van der Waals surface area contributed by atoms with Crippen LogP contribution in [0.3, 0.4) is 0 Å². The van der Waals surface area contributed by atoms with Gasteiger partial charge in [0.25, 0.3) is 0 Å². The van der Waals surface area contributed by atoms with Crippen LogP contribution in [0.15, 0.2) is 4.99 Å². The summed E-state index contributed by atoms with van der Waals surface area (Å²) in [6, 6.07) is -0.765. The number of amidine groups is 1. The monoisotopic (exact) mass is 217 g/mol. The molecular weight excluding hydrogens is 198 g/mol. The van der Waals surface area contributed by atoms with E-state index in [9.17, 15) is 4.79 Å². The number of carboxylic acid groups (broad SMARTS) is 1. The molecule has 0 saturated carbocycles. The van der Waals surface area contributed by atoms with E-state index in [4.69, 9.17) is 16.7 Å². The van der Waals surface area contributed by atoms with Crippen molar-refractivity contribution < 1.29 is 9.90 Å². The van der Waals surface area contributed by atoms with Crippen LogP contribution in [0, 0.1) is 0 Å². The van der Waals surface area contributed by atoms with Crippen molar-refractivity contribution in [2.45, 2.75) is 32.2 Å². The molecule has 0 aliphatic rings. The minimum Gasteiger partial charge on any atom is -0.480 e. The smallest absolute Gasteiger partial charge is 0.320 e. The second-order valence-electron chi connectivity index (χ2n) is 3.18. The van der Waals surface area contributed by atoms with Crippen LogP contribution in [-0.2, 0) is 4.79 Å². The maximum Gasteiger partial charge on any atom is 0.320 e. The number of aliphatic imine (C=N–C) groups is 1. The third-order valence-electron chi connectivity index (χ3n) is 1.84. The van der Waals surface area contributed by atoms with Gasteiger partial charge in [0, 0.05) is 6.54 Å². The lowest BCUT2D eigenvalue weighted by Crippen LogP contribution is -2.41. The lowest BCUT2D eigenvalue weighted by molar-refractivity contribution is -0.138. The Morgan fingerprint density at radius 3 is 2.73 bits per heavy atom. The number of nitrogens with one attached hydrogen (secondary N) is 2. The highest BCUT2D eigenvalue weighted by molar-refractivity contribution is 5.78. The molecule has 0 spiro atoms. The molecule has 0 aliphatic carbocycles. The molecule has 88 valence electrons. The molecule has 7 nitrogen and oxygen atoms in total. The van der Waals surface area contributed by atoms with Gasteiger partial charge in [0.15, 0.2) is 0 Å². The molecule has 15 heavy (non-hydrogen) atoms. The Bertz CT molecular complexity index is 219. The molecule has 0 aliphatic heterocycles. The first-order valence-electron chi connectivity index (χ1n) is 4.79. The fourth-order valence-electron chi connectivity index (χ4n) is 0.990. The lowest BCUT2D eigenvalue weighted by Gasteiger charge is -2.05. The zero-order valence-corrected chi connectivity index (χ0v) is 8.86. The van der Waals surface area contributed by atoms with Gasteiger partial charge in [-0.15, -0.1) is 0 Å². The topological polar surface area (TPSA) is 126 Å². The molecular formula is C8H19N5O2. The molecule has 7 heteroatoms. The fraction of sp³-hybridized carbons (Fsp3) is 0.750. The van der Waals surface area contributed by atoms with E-state index in [1.165, 1.54) is 0 Å². The van der Waals surface area contributed by atoms with Crippen molar-refractivity contribution in [2.24, 2.45) is 16.6 Å². The van der Waals surface area contributed by atoms with Crippen molar-refractivity contribution in [1.29, 1.82) is 0 Å². The Kier molecular flexibility index (Phi) is 7.51. The Morgan fingerprint density at radius 2 is 2.20 bits per heavy atom. The summed E-state index contributed by atoms with van der Waals surface area (Å²) < 4.78 is 0. The minimum atomic E-state index is -0.955. The lowest BCUT2D eigenvalue weighted by atomic mass is 10.1. The predicted molar refractivity (Wildman–Crippen MR) is 57.9 cm³/mol. The maximum atomic E-state index is 10.4. The van der Waals surface area contributed by atoms with Gasteiger partial charge in [0.05, 0.1) is 0 Å². The first-order chi connectivity index (χ1) is 7.07. The molecule has 0 heterocycles. The van der Waals surface area contributed by atoms with Crippen LogP contribution < -0.4 is 22.5 Å². The van der Waals surface area contributed by atoms with E-state index < -0.39 is 12.0 Å². The van der Waals surface area contributed by atoms with Crippen LogP contribution in [0.4, 0.5) is 0 Å². The van der Waals surface area contributed by atoms with Gasteiger partial charge in [-0.1, -0.05) is 0 Å². The Labute approximate surface area is 88.9 Å². The average molecular weight is 217 g/mol. The largest absolute Gasteiger partial charge is 0.480 e. The van der Waals surface area contributed by atoms with Gasteiger partial charge < -0.3 is 10.8 Å². The third-order valence-corrected chi connectivity index (χ3v) is 1.84. The summed E-state index contributed by atoms with van der Waals surface area (Å²) in [5.41, 5.74) is 10.2. The molecule has 7 N–H and O–H groups in total. The van der Waals surface area contributed by atoms with Crippen molar-refractivity contribution in [3.05, 3.63) is 0 Å². The number of aliphatic carboxylic acids is 1. The van der Waals surface area contributed by atoms with Crippen LogP contribution in [0.5, 0.6) is 0 Å². The second-order valence-corrected chi connectivity index (χ2v) is 3.18. The molecule has 0 rings (SSSR count). The van der Waals surface area contributed by atoms with Crippen LogP contribution in [0.25, 0.3) is 0 Å². The first kappa shape index (κ1) is 13.8. The van der Waals surface area contributed by atoms with Crippen molar-refractivity contribution in [1.82, 2.24) is 11.0 Å². The number of rotatable bonds is 7. The van der Waals surface area contributed by atoms with Crippen molar-refractivity contribution in [3.63, 3.8) is 0 Å². The van der Waals surface area contributed by atoms with Crippen molar-refractivity contribution in [3.8, 4) is 0 Å². The molecule has 0 aromatic rings. The molecule has 0 aromatic heterocycles. The van der Waals surface area contributed by atoms with Gasteiger partial charge in [-0.3, -0.25) is 21.1 Å². The summed E-state index contributed by atoms with van der Waals surface area (Å²) in [6.07, 6.45) is 2.04. The summed E-state index contributed by atoms with van der Waals surface area (Å²) >= 11 is 0. The number of nitrogens with two attached hydrogens (primary N) is 2. The van der Waals surface area contributed by atoms with E-state index in [1.54, 1.807) is 6.92 Å². The van der Waals surface area contributed by atoms with E-state index in [0.717, 1.165) is 12.8 Å². The van der Waals surface area contributed by atoms with Gasteiger partial charge in [-0.25, -0.2) is 0 Å². The highest BCUT2D eigenvalue weighted by atomic mass is 16.4. The molecule has 0 fully saturated rings. The van der Waals surface area contributed by atoms with Gasteiger partial charge in [0.1, 0.15) is 11.9 Å². The van der Waals surface area contributed by atoms with Gasteiger partial charge in [-0.05, 0) is 26.2 Å². The van der Waals surface area contributed by atoms with E-state index in [1.807, 2.05) is 0 Å². The second kappa shape index (κ2) is 8.16. The van der Waals surface area contributed by atoms with Crippen LogP contribution >= 0.6 is 0 Å². The summed E-state index contributed by atoms with van der Waals surface area (Å²) in [4.78, 5) is 14.5. The predicted octanol–water partition coefficient (Wildman–Crippen LogP) is -1.05. The van der Waals surface area contributed by atoms with Crippen molar-refractivity contribution in [2.75, 3.05) is 6.54 Å². The summed E-state index contributed by atoms with van der Waals surface area (Å²) in [7, 11) is 0. The first-order valence-corrected chi connectivity index (χ1v) is 4.79. The van der Waals surface area contributed by atoms with E-state index in [0.29, 0.717) is 18.8 Å². The molecule has 0 radical (unpaired) electrons. The number of carbonyl (C=O) groups is 1. The Morgan fingerprint density at radius 1 is 1.53 bits per heavy atom. The standard InChI is InChI=1S/C8H19N5O2/c1-6(12-13-10)11-5-3-2-4-7(9)8(14)15/h7,13H,2-5,9-10H2,1H3,(H,11,12)(H,14,15)/t7-/m0/s1. The number of hydrogen-bond donors (Lipinski definition) is 5. The third kappa shape index (κ3) is 7.86. The molecule has 1 atom stereocenters. The van der Waals surface area contributed by atoms with Gasteiger partial charge >= 0.3 is 5.97 Å². The summed E-state index contributed by atoms with van der Waals surface area (Å²) in [5, 5.41) is 8.51. The van der Waals surface area contributed by atoms with Crippen molar-refractivity contribution >= 4 is 11.8 Å². The zero-order chi connectivity index (χ0) is 11.7. The van der Waals surface area contributed by atoms with E-state index in [-0.39, 0.29) is 0 Å². The fourth-order valence-corrected chi connectivity index (χ4v) is 0.990. The quantitative estimate of drug-likeness (QED) is 0.122. The number of hydrazine groups is 2. The number of nitrogens with zero attached hydrogens (tertiary/aromatic N) is 1. The highest BCUT2D eigenvalue weighted by Gasteiger charge is 2.09. The van der Waals surface area contributed by atoms with Crippen LogP contribution in [-0.4, -0.2) is 29.5 Å². The molecule has 0 saturated heterocycles. The van der Waals surface area contributed by atoms with Gasteiger partial charge in [0.2, 0.25) is 0 Å². The Balaban J connectivity index is 3.47. The maximum absolute atomic E-state index is 10.4. The van der Waals surface area contributed by atoms with E-state index in [2.05, 4.69) is 16.0 Å². The number of carboxylic acids is 1. The van der Waals surface area contributed by atoms with Gasteiger partial charge in [-0.2, -0.15) is 5.53 Å². The summed E-state index contributed by atoms with van der Waals surface area (Å²) in [6.45, 7) is 2.41. The van der Waals surface area contributed by atoms with E-state index >= 15 is 0 Å². The molecule has 0 aromatic carbocycles. The minimum absolute atomic E-state index is 0.479. The Hall–Kier alpha value is -1.18. The molecule has 0 unspecified atom stereocenters. The highest BCUT2D eigenvalue weighted by Crippen LogP contribution is 1.99. The normalized spacial score (nSPS) is 13.7. The van der Waals surface area contributed by atoms with Crippen LogP contribution in [0.1, 0.15) is 26.2 Å². The van der Waals surface area contributed by atoms with Crippen LogP contribution in [0.2, 0.25) is 0 Å². The summed E-state index contributed by atoms with van der Waals surface area (Å²) in [5.74, 6) is 4.75. The SMILES string of the molecule is CC(=NCCCC[C@H](N)C(=O)O)NNN. The average Bonchev–Trinajstić information content (AvgIpc) is 2.17.